The molecule has 8 heteroatoms. The van der Waals surface area contributed by atoms with Crippen molar-refractivity contribution in [2.45, 2.75) is 19.1 Å². The summed E-state index contributed by atoms with van der Waals surface area (Å²) in [6.45, 7) is 1.42. The highest BCUT2D eigenvalue weighted by Gasteiger charge is 2.24. The van der Waals surface area contributed by atoms with Crippen molar-refractivity contribution in [1.82, 2.24) is 9.03 Å². The average Bonchev–Trinajstić information content (AvgIpc) is 2.31. The summed E-state index contributed by atoms with van der Waals surface area (Å²) in [4.78, 5) is 0. The summed E-state index contributed by atoms with van der Waals surface area (Å²) in [5.41, 5.74) is 0.0906. The van der Waals surface area contributed by atoms with Crippen LogP contribution < -0.4 is 4.72 Å². The number of hydrogen-bond acceptors (Lipinski definition) is 3. The monoisotopic (exact) mass is 294 g/mol. The van der Waals surface area contributed by atoms with E-state index in [0.29, 0.717) is 0 Å². The van der Waals surface area contributed by atoms with E-state index in [9.17, 15) is 22.3 Å². The topological polar surface area (TPSA) is 69.6 Å². The maximum Gasteiger partial charge on any atom is 0.279 e. The van der Waals surface area contributed by atoms with E-state index in [4.69, 9.17) is 0 Å². The van der Waals surface area contributed by atoms with Crippen LogP contribution in [-0.2, 0) is 10.2 Å². The number of aliphatic hydroxyl groups is 1. The standard InChI is InChI=1S/C11H16F2N2O3S/c1-7(14-19(17,18)15(2)3)11(16)8-4-5-9(12)10(13)6-8/h4-7,11,14,16H,1-3H3. The molecule has 2 unspecified atom stereocenters. The van der Waals surface area contributed by atoms with Crippen molar-refractivity contribution in [2.75, 3.05) is 14.1 Å². The lowest BCUT2D eigenvalue weighted by Crippen LogP contribution is -2.43. The summed E-state index contributed by atoms with van der Waals surface area (Å²) in [7, 11) is -1.05. The number of hydrogen-bond donors (Lipinski definition) is 2. The lowest BCUT2D eigenvalue weighted by Gasteiger charge is -2.22. The molecule has 0 fully saturated rings. The van der Waals surface area contributed by atoms with Crippen LogP contribution in [-0.4, -0.2) is 38.0 Å². The van der Waals surface area contributed by atoms with Crippen molar-refractivity contribution < 1.29 is 22.3 Å². The molecule has 19 heavy (non-hydrogen) atoms. The molecule has 0 heterocycles. The van der Waals surface area contributed by atoms with Gasteiger partial charge in [-0.3, -0.25) is 0 Å². The third-order valence-corrected chi connectivity index (χ3v) is 4.21. The van der Waals surface area contributed by atoms with Crippen LogP contribution in [0.5, 0.6) is 0 Å². The zero-order valence-corrected chi connectivity index (χ0v) is 11.6. The van der Waals surface area contributed by atoms with Gasteiger partial charge < -0.3 is 5.11 Å². The van der Waals surface area contributed by atoms with Gasteiger partial charge in [-0.25, -0.2) is 8.78 Å². The van der Waals surface area contributed by atoms with Crippen molar-refractivity contribution >= 4 is 10.2 Å². The van der Waals surface area contributed by atoms with Gasteiger partial charge in [-0.15, -0.1) is 0 Å². The van der Waals surface area contributed by atoms with Crippen LogP contribution in [0, 0.1) is 11.6 Å². The fraction of sp³-hybridized carbons (Fsp3) is 0.455. The number of halogens is 2. The molecule has 0 aliphatic rings. The Hall–Kier alpha value is -1.09. The molecule has 2 atom stereocenters. The quantitative estimate of drug-likeness (QED) is 0.843. The number of benzene rings is 1. The van der Waals surface area contributed by atoms with Crippen LogP contribution >= 0.6 is 0 Å². The van der Waals surface area contributed by atoms with Crippen LogP contribution in [0.1, 0.15) is 18.6 Å². The molecule has 1 rings (SSSR count). The molecule has 2 N–H and O–H groups in total. The molecule has 0 aliphatic carbocycles. The van der Waals surface area contributed by atoms with E-state index in [1.165, 1.54) is 27.1 Å². The number of rotatable bonds is 5. The Balaban J connectivity index is 2.88. The lowest BCUT2D eigenvalue weighted by atomic mass is 10.0. The first-order valence-corrected chi connectivity index (χ1v) is 6.92. The Morgan fingerprint density at radius 2 is 1.84 bits per heavy atom. The second-order valence-corrected chi connectivity index (χ2v) is 6.23. The van der Waals surface area contributed by atoms with Gasteiger partial charge in [0.2, 0.25) is 0 Å². The van der Waals surface area contributed by atoms with E-state index >= 15 is 0 Å². The van der Waals surface area contributed by atoms with Crippen molar-refractivity contribution in [2.24, 2.45) is 0 Å². The molecule has 1 aromatic carbocycles. The molecule has 0 aliphatic heterocycles. The third-order valence-electron chi connectivity index (χ3n) is 2.57. The van der Waals surface area contributed by atoms with E-state index in [2.05, 4.69) is 4.72 Å². The highest BCUT2D eigenvalue weighted by Crippen LogP contribution is 2.19. The van der Waals surface area contributed by atoms with Gasteiger partial charge in [0.15, 0.2) is 11.6 Å². The molecule has 0 amide bonds. The van der Waals surface area contributed by atoms with Crippen LogP contribution in [0.3, 0.4) is 0 Å². The molecule has 1 aromatic rings. The zero-order chi connectivity index (χ0) is 14.8. The fourth-order valence-electron chi connectivity index (χ4n) is 1.39. The smallest absolute Gasteiger partial charge is 0.279 e. The van der Waals surface area contributed by atoms with E-state index in [-0.39, 0.29) is 5.56 Å². The third kappa shape index (κ3) is 3.93. The van der Waals surface area contributed by atoms with E-state index in [0.717, 1.165) is 16.4 Å². The van der Waals surface area contributed by atoms with Crippen molar-refractivity contribution in [3.8, 4) is 0 Å². The minimum atomic E-state index is -3.71. The van der Waals surface area contributed by atoms with Gasteiger partial charge in [-0.1, -0.05) is 6.07 Å². The SMILES string of the molecule is CC(NS(=O)(=O)N(C)C)C(O)c1ccc(F)c(F)c1. The van der Waals surface area contributed by atoms with Gasteiger partial charge in [-0.2, -0.15) is 17.4 Å². The number of nitrogens with one attached hydrogen (secondary N) is 1. The Labute approximate surface area is 111 Å². The summed E-state index contributed by atoms with van der Waals surface area (Å²) < 4.78 is 52.1. The molecule has 0 saturated carbocycles. The van der Waals surface area contributed by atoms with E-state index in [1.807, 2.05) is 0 Å². The molecule has 0 aromatic heterocycles. The minimum Gasteiger partial charge on any atom is -0.387 e. The number of aliphatic hydroxyl groups excluding tert-OH is 1. The highest BCUT2D eigenvalue weighted by molar-refractivity contribution is 7.87. The maximum absolute atomic E-state index is 13.0. The molecule has 108 valence electrons. The second-order valence-electron chi connectivity index (χ2n) is 4.31. The lowest BCUT2D eigenvalue weighted by molar-refractivity contribution is 0.145. The number of nitrogens with zero attached hydrogens (tertiary/aromatic N) is 1. The zero-order valence-electron chi connectivity index (χ0n) is 10.8. The second kappa shape index (κ2) is 5.91. The highest BCUT2D eigenvalue weighted by atomic mass is 32.2. The summed E-state index contributed by atoms with van der Waals surface area (Å²) >= 11 is 0. The first kappa shape index (κ1) is 16.0. The molecule has 0 radical (unpaired) electrons. The van der Waals surface area contributed by atoms with Gasteiger partial charge in [0.05, 0.1) is 12.1 Å². The Morgan fingerprint density at radius 3 is 2.32 bits per heavy atom. The maximum atomic E-state index is 13.0. The molecule has 0 spiro atoms. The fourth-order valence-corrected chi connectivity index (χ4v) is 2.20. The first-order valence-electron chi connectivity index (χ1n) is 5.48. The van der Waals surface area contributed by atoms with Gasteiger partial charge in [0, 0.05) is 14.1 Å². The Bertz CT molecular complexity index is 549. The van der Waals surface area contributed by atoms with Crippen LogP contribution in [0.15, 0.2) is 18.2 Å². The van der Waals surface area contributed by atoms with E-state index < -0.39 is 34.0 Å². The van der Waals surface area contributed by atoms with E-state index in [1.54, 1.807) is 0 Å². The molecule has 0 bridgehead atoms. The van der Waals surface area contributed by atoms with Crippen LogP contribution in [0.25, 0.3) is 0 Å². The Morgan fingerprint density at radius 1 is 1.26 bits per heavy atom. The molecular formula is C11H16F2N2O3S. The molecular weight excluding hydrogens is 278 g/mol. The average molecular weight is 294 g/mol. The minimum absolute atomic E-state index is 0.0906. The molecule has 0 saturated heterocycles. The van der Waals surface area contributed by atoms with Crippen LogP contribution in [0.4, 0.5) is 8.78 Å². The summed E-state index contributed by atoms with van der Waals surface area (Å²) in [6.07, 6.45) is -1.29. The van der Waals surface area contributed by atoms with Crippen molar-refractivity contribution in [3.63, 3.8) is 0 Å². The first-order chi connectivity index (χ1) is 8.65. The summed E-state index contributed by atoms with van der Waals surface area (Å²) in [5.74, 6) is -2.13. The Kier molecular flexibility index (Phi) is 4.97. The predicted octanol–water partition coefficient (Wildman–Crippen LogP) is 0.783. The van der Waals surface area contributed by atoms with Crippen molar-refractivity contribution in [1.29, 1.82) is 0 Å². The normalized spacial score (nSPS) is 15.5. The van der Waals surface area contributed by atoms with Crippen LogP contribution in [0.2, 0.25) is 0 Å². The predicted molar refractivity (Wildman–Crippen MR) is 66.5 cm³/mol. The van der Waals surface area contributed by atoms with Gasteiger partial charge in [0.25, 0.3) is 10.2 Å². The molecule has 5 nitrogen and oxygen atoms in total. The van der Waals surface area contributed by atoms with Gasteiger partial charge in [0.1, 0.15) is 0 Å². The summed E-state index contributed by atoms with van der Waals surface area (Å²) in [6, 6.07) is 2.02. The van der Waals surface area contributed by atoms with Crippen molar-refractivity contribution in [3.05, 3.63) is 35.4 Å². The summed E-state index contributed by atoms with van der Waals surface area (Å²) in [5, 5.41) is 9.91. The van der Waals surface area contributed by atoms with Gasteiger partial charge in [-0.05, 0) is 24.6 Å². The largest absolute Gasteiger partial charge is 0.387 e. The van der Waals surface area contributed by atoms with Gasteiger partial charge >= 0.3 is 0 Å².